The molecule has 0 spiro atoms. The van der Waals surface area contributed by atoms with E-state index < -0.39 is 17.8 Å². The molecule has 2 fully saturated rings. The maximum absolute atomic E-state index is 12.9. The van der Waals surface area contributed by atoms with Gasteiger partial charge in [0.25, 0.3) is 11.8 Å². The van der Waals surface area contributed by atoms with Gasteiger partial charge >= 0.3 is 6.03 Å². The molecule has 152 valence electrons. The lowest BCUT2D eigenvalue weighted by Gasteiger charge is -2.31. The summed E-state index contributed by atoms with van der Waals surface area (Å²) in [5.74, 6) is 1.97. The molecular formula is C21H21BrN2O5. The molecule has 0 radical (unpaired) electrons. The smallest absolute Gasteiger partial charge is 0.331 e. The average Bonchev–Trinajstić information content (AvgIpc) is 3.19. The zero-order chi connectivity index (χ0) is 21.0. The number of amides is 4. The van der Waals surface area contributed by atoms with Crippen molar-refractivity contribution < 1.29 is 23.9 Å². The fraction of sp³-hybridized carbons (Fsp3) is 0.381. The molecule has 1 aromatic carbocycles. The fourth-order valence-corrected chi connectivity index (χ4v) is 4.09. The van der Waals surface area contributed by atoms with Gasteiger partial charge in [-0.2, -0.15) is 0 Å². The molecule has 2 aliphatic rings. The lowest BCUT2D eigenvalue weighted by atomic mass is 10.0. The number of hydrogen-bond acceptors (Lipinski definition) is 5. The Balaban J connectivity index is 1.96. The van der Waals surface area contributed by atoms with Gasteiger partial charge in [-0.05, 0) is 59.5 Å². The first-order chi connectivity index (χ1) is 14.0. The highest BCUT2D eigenvalue weighted by Crippen LogP contribution is 2.38. The van der Waals surface area contributed by atoms with Crippen LogP contribution in [0.2, 0.25) is 0 Å². The Labute approximate surface area is 177 Å². The van der Waals surface area contributed by atoms with Gasteiger partial charge < -0.3 is 9.47 Å². The summed E-state index contributed by atoms with van der Waals surface area (Å²) in [6, 6.07) is 2.52. The van der Waals surface area contributed by atoms with Crippen molar-refractivity contribution in [2.75, 3.05) is 13.2 Å². The fourth-order valence-electron chi connectivity index (χ4n) is 3.52. The van der Waals surface area contributed by atoms with Crippen LogP contribution in [-0.4, -0.2) is 42.0 Å². The Kier molecular flexibility index (Phi) is 6.60. The SMILES string of the molecule is C#CCOc1c(Br)cc(/C=C2\C(=O)NC(=O)N(C3CCCC3)C2=O)cc1OCC. The van der Waals surface area contributed by atoms with Gasteiger partial charge in [0.05, 0.1) is 11.1 Å². The van der Waals surface area contributed by atoms with Crippen LogP contribution in [-0.2, 0) is 9.59 Å². The number of terminal acetylenes is 1. The molecule has 1 aliphatic heterocycles. The predicted molar refractivity (Wildman–Crippen MR) is 110 cm³/mol. The summed E-state index contributed by atoms with van der Waals surface area (Å²) in [6.45, 7) is 2.29. The zero-order valence-electron chi connectivity index (χ0n) is 16.0. The lowest BCUT2D eigenvalue weighted by molar-refractivity contribution is -0.131. The standard InChI is InChI=1S/C21H21BrN2O5/c1-3-9-29-18-16(22)11-13(12-17(18)28-4-2)10-15-19(25)23-21(27)24(20(15)26)14-7-5-6-8-14/h1,10-12,14H,4-9H2,2H3,(H,23,25,27)/b15-10+. The summed E-state index contributed by atoms with van der Waals surface area (Å²) < 4.78 is 11.7. The van der Waals surface area contributed by atoms with Crippen molar-refractivity contribution >= 4 is 39.9 Å². The third-order valence-electron chi connectivity index (χ3n) is 4.77. The van der Waals surface area contributed by atoms with Crippen molar-refractivity contribution in [2.24, 2.45) is 0 Å². The second-order valence-electron chi connectivity index (χ2n) is 6.69. The van der Waals surface area contributed by atoms with Crippen LogP contribution in [0.1, 0.15) is 38.2 Å². The number of hydrogen-bond donors (Lipinski definition) is 1. The minimum absolute atomic E-state index is 0.0679. The van der Waals surface area contributed by atoms with Gasteiger partial charge in [-0.1, -0.05) is 18.8 Å². The second kappa shape index (κ2) is 9.14. The highest BCUT2D eigenvalue weighted by molar-refractivity contribution is 9.10. The number of carbonyl (C=O) groups is 3. The van der Waals surface area contributed by atoms with E-state index in [2.05, 4.69) is 27.2 Å². The number of urea groups is 1. The number of benzene rings is 1. The van der Waals surface area contributed by atoms with E-state index in [9.17, 15) is 14.4 Å². The molecule has 3 rings (SSSR count). The number of halogens is 1. The largest absolute Gasteiger partial charge is 0.490 e. The molecule has 1 aliphatic carbocycles. The van der Waals surface area contributed by atoms with Crippen molar-refractivity contribution in [1.29, 1.82) is 0 Å². The van der Waals surface area contributed by atoms with E-state index in [-0.39, 0.29) is 18.2 Å². The van der Waals surface area contributed by atoms with E-state index >= 15 is 0 Å². The number of carbonyl (C=O) groups excluding carboxylic acids is 3. The molecule has 0 bridgehead atoms. The summed E-state index contributed by atoms with van der Waals surface area (Å²) in [5, 5.41) is 2.27. The molecule has 1 saturated carbocycles. The van der Waals surface area contributed by atoms with Gasteiger partial charge in [-0.3, -0.25) is 19.8 Å². The molecule has 29 heavy (non-hydrogen) atoms. The van der Waals surface area contributed by atoms with Gasteiger partial charge in [0.15, 0.2) is 11.5 Å². The normalized spacial score (nSPS) is 18.7. The number of ether oxygens (including phenoxy) is 2. The molecule has 8 heteroatoms. The van der Waals surface area contributed by atoms with Crippen LogP contribution < -0.4 is 14.8 Å². The molecule has 1 heterocycles. The van der Waals surface area contributed by atoms with Crippen LogP contribution in [0, 0.1) is 12.3 Å². The molecular weight excluding hydrogens is 440 g/mol. The molecule has 1 saturated heterocycles. The summed E-state index contributed by atoms with van der Waals surface area (Å²) in [7, 11) is 0. The summed E-state index contributed by atoms with van der Waals surface area (Å²) in [6.07, 6.45) is 10.1. The van der Waals surface area contributed by atoms with Crippen molar-refractivity contribution in [2.45, 2.75) is 38.6 Å². The first kappa shape index (κ1) is 20.9. The zero-order valence-corrected chi connectivity index (χ0v) is 17.6. The van der Waals surface area contributed by atoms with Crippen LogP contribution in [0.3, 0.4) is 0 Å². The lowest BCUT2D eigenvalue weighted by Crippen LogP contribution is -2.57. The highest BCUT2D eigenvalue weighted by atomic mass is 79.9. The van der Waals surface area contributed by atoms with E-state index in [1.807, 2.05) is 6.92 Å². The molecule has 0 aromatic heterocycles. The molecule has 0 unspecified atom stereocenters. The molecule has 4 amide bonds. The number of rotatable bonds is 6. The second-order valence-corrected chi connectivity index (χ2v) is 7.54. The maximum atomic E-state index is 12.9. The van der Waals surface area contributed by atoms with Gasteiger partial charge in [0.2, 0.25) is 0 Å². The van der Waals surface area contributed by atoms with Crippen molar-refractivity contribution in [3.8, 4) is 23.8 Å². The van der Waals surface area contributed by atoms with Gasteiger partial charge in [0.1, 0.15) is 12.2 Å². The summed E-state index contributed by atoms with van der Waals surface area (Å²) in [5.41, 5.74) is 0.454. The Bertz CT molecular complexity index is 912. The van der Waals surface area contributed by atoms with E-state index in [0.29, 0.717) is 28.1 Å². The van der Waals surface area contributed by atoms with E-state index in [4.69, 9.17) is 15.9 Å². The van der Waals surface area contributed by atoms with Gasteiger partial charge in [-0.25, -0.2) is 4.79 Å². The molecule has 0 atom stereocenters. The summed E-state index contributed by atoms with van der Waals surface area (Å²) in [4.78, 5) is 38.7. The Morgan fingerprint density at radius 2 is 2.00 bits per heavy atom. The Hall–Kier alpha value is -2.79. The third kappa shape index (κ3) is 4.46. The molecule has 1 aromatic rings. The molecule has 1 N–H and O–H groups in total. The topological polar surface area (TPSA) is 84.9 Å². The van der Waals surface area contributed by atoms with E-state index in [1.165, 1.54) is 11.0 Å². The van der Waals surface area contributed by atoms with Crippen molar-refractivity contribution in [1.82, 2.24) is 10.2 Å². The first-order valence-corrected chi connectivity index (χ1v) is 10.2. The van der Waals surface area contributed by atoms with Crippen LogP contribution in [0.5, 0.6) is 11.5 Å². The maximum Gasteiger partial charge on any atom is 0.331 e. The van der Waals surface area contributed by atoms with Crippen LogP contribution >= 0.6 is 15.9 Å². The number of barbiturate groups is 1. The van der Waals surface area contributed by atoms with Crippen LogP contribution in [0.25, 0.3) is 6.08 Å². The number of nitrogens with one attached hydrogen (secondary N) is 1. The Morgan fingerprint density at radius 1 is 1.28 bits per heavy atom. The minimum atomic E-state index is -0.712. The Morgan fingerprint density at radius 3 is 2.66 bits per heavy atom. The van der Waals surface area contributed by atoms with Crippen molar-refractivity contribution in [3.63, 3.8) is 0 Å². The van der Waals surface area contributed by atoms with Crippen LogP contribution in [0.4, 0.5) is 4.79 Å². The number of imide groups is 2. The highest BCUT2D eigenvalue weighted by Gasteiger charge is 2.40. The van der Waals surface area contributed by atoms with Gasteiger partial charge in [-0.15, -0.1) is 6.42 Å². The van der Waals surface area contributed by atoms with Crippen LogP contribution in [0.15, 0.2) is 22.2 Å². The van der Waals surface area contributed by atoms with Gasteiger partial charge in [0, 0.05) is 6.04 Å². The molecule has 7 nitrogen and oxygen atoms in total. The first-order valence-electron chi connectivity index (χ1n) is 9.39. The quantitative estimate of drug-likeness (QED) is 0.400. The summed E-state index contributed by atoms with van der Waals surface area (Å²) >= 11 is 3.42. The monoisotopic (exact) mass is 460 g/mol. The van der Waals surface area contributed by atoms with E-state index in [0.717, 1.165) is 25.7 Å². The predicted octanol–water partition coefficient (Wildman–Crippen LogP) is 3.26. The van der Waals surface area contributed by atoms with Crippen molar-refractivity contribution in [3.05, 3.63) is 27.7 Å². The number of nitrogens with zero attached hydrogens (tertiary/aromatic N) is 1. The van der Waals surface area contributed by atoms with E-state index in [1.54, 1.807) is 12.1 Å². The minimum Gasteiger partial charge on any atom is -0.490 e. The third-order valence-corrected chi connectivity index (χ3v) is 5.35. The average molecular weight is 461 g/mol.